The average Bonchev–Trinajstić information content (AvgIpc) is 3.36. The van der Waals surface area contributed by atoms with E-state index in [1.165, 1.54) is 11.8 Å². The zero-order valence-electron chi connectivity index (χ0n) is 21.3. The predicted molar refractivity (Wildman–Crippen MR) is 146 cm³/mol. The number of methoxy groups -OCH3 is 4. The zero-order valence-corrected chi connectivity index (χ0v) is 22.1. The first-order valence-electron chi connectivity index (χ1n) is 11.5. The average molecular weight is 520 g/mol. The lowest BCUT2D eigenvalue weighted by molar-refractivity contribution is -0.115. The molecule has 0 saturated heterocycles. The van der Waals surface area contributed by atoms with E-state index in [2.05, 4.69) is 10.3 Å². The molecule has 1 amide bonds. The first-order valence-corrected chi connectivity index (χ1v) is 12.4. The van der Waals surface area contributed by atoms with E-state index in [9.17, 15) is 4.79 Å². The largest absolute Gasteiger partial charge is 0.497 e. The standard InChI is InChI=1S/C28H29N3O5S/c1-17(27(32)29-23-15-14-22(35-4)16-24(23)36-5)37-28-30-25(18-6-10-20(33-2)11-7-18)26(31-28)19-8-12-21(34-3)13-9-19/h6-17H,1-5H3,(H,29,32)(H,30,31). The summed E-state index contributed by atoms with van der Waals surface area (Å²) in [6, 6.07) is 20.7. The number of aromatic nitrogens is 2. The maximum atomic E-state index is 13.0. The lowest BCUT2D eigenvalue weighted by atomic mass is 10.0. The van der Waals surface area contributed by atoms with Gasteiger partial charge in [-0.1, -0.05) is 11.8 Å². The zero-order chi connectivity index (χ0) is 26.4. The molecule has 1 unspecified atom stereocenters. The van der Waals surface area contributed by atoms with Crippen molar-refractivity contribution in [2.24, 2.45) is 0 Å². The summed E-state index contributed by atoms with van der Waals surface area (Å²) in [7, 11) is 6.40. The van der Waals surface area contributed by atoms with Crippen molar-refractivity contribution in [3.05, 3.63) is 66.7 Å². The van der Waals surface area contributed by atoms with Crippen LogP contribution >= 0.6 is 11.8 Å². The lowest BCUT2D eigenvalue weighted by Crippen LogP contribution is -2.22. The summed E-state index contributed by atoms with van der Waals surface area (Å²) in [5.41, 5.74) is 4.07. The maximum Gasteiger partial charge on any atom is 0.237 e. The van der Waals surface area contributed by atoms with Gasteiger partial charge in [-0.3, -0.25) is 4.79 Å². The Morgan fingerprint density at radius 1 is 0.811 bits per heavy atom. The fraction of sp³-hybridized carbons (Fsp3) is 0.214. The van der Waals surface area contributed by atoms with Crippen LogP contribution in [0.25, 0.3) is 22.5 Å². The molecular formula is C28H29N3O5S. The van der Waals surface area contributed by atoms with Crippen molar-refractivity contribution in [2.45, 2.75) is 17.3 Å². The Bertz CT molecular complexity index is 1290. The Morgan fingerprint density at radius 2 is 1.38 bits per heavy atom. The molecule has 8 nitrogen and oxygen atoms in total. The van der Waals surface area contributed by atoms with Crippen LogP contribution in [0.5, 0.6) is 23.0 Å². The summed E-state index contributed by atoms with van der Waals surface area (Å²) < 4.78 is 21.2. The summed E-state index contributed by atoms with van der Waals surface area (Å²) in [5.74, 6) is 2.51. The van der Waals surface area contributed by atoms with Gasteiger partial charge >= 0.3 is 0 Å². The molecule has 0 bridgehead atoms. The fourth-order valence-electron chi connectivity index (χ4n) is 3.69. The van der Waals surface area contributed by atoms with Gasteiger partial charge in [-0.25, -0.2) is 4.98 Å². The van der Waals surface area contributed by atoms with Gasteiger partial charge in [0, 0.05) is 17.2 Å². The number of thioether (sulfide) groups is 1. The van der Waals surface area contributed by atoms with E-state index in [0.29, 0.717) is 22.3 Å². The second kappa shape index (κ2) is 11.7. The Kier molecular flexibility index (Phi) is 8.25. The molecule has 4 aromatic rings. The third kappa shape index (κ3) is 6.00. The number of H-pyrrole nitrogens is 1. The van der Waals surface area contributed by atoms with Crippen LogP contribution in [-0.2, 0) is 4.79 Å². The Labute approximate surface area is 220 Å². The molecule has 2 N–H and O–H groups in total. The predicted octanol–water partition coefficient (Wildman–Crippen LogP) is 5.90. The van der Waals surface area contributed by atoms with Crippen LogP contribution in [-0.4, -0.2) is 49.6 Å². The summed E-state index contributed by atoms with van der Waals surface area (Å²) in [5, 5.41) is 3.12. The molecule has 0 radical (unpaired) electrons. The number of nitrogens with one attached hydrogen (secondary N) is 2. The van der Waals surface area contributed by atoms with Gasteiger partial charge in [0.05, 0.1) is 50.8 Å². The Balaban J connectivity index is 1.60. The first kappa shape index (κ1) is 26.0. The summed E-state index contributed by atoms with van der Waals surface area (Å²) in [6.07, 6.45) is 0. The molecule has 0 aliphatic carbocycles. The van der Waals surface area contributed by atoms with Crippen molar-refractivity contribution in [1.29, 1.82) is 0 Å². The maximum absolute atomic E-state index is 13.0. The highest BCUT2D eigenvalue weighted by molar-refractivity contribution is 8.00. The van der Waals surface area contributed by atoms with Crippen molar-refractivity contribution in [1.82, 2.24) is 9.97 Å². The molecule has 1 heterocycles. The van der Waals surface area contributed by atoms with Gasteiger partial charge in [0.15, 0.2) is 5.16 Å². The number of benzene rings is 3. The van der Waals surface area contributed by atoms with E-state index in [0.717, 1.165) is 34.0 Å². The highest BCUT2D eigenvalue weighted by atomic mass is 32.2. The lowest BCUT2D eigenvalue weighted by Gasteiger charge is -2.14. The van der Waals surface area contributed by atoms with E-state index < -0.39 is 5.25 Å². The smallest absolute Gasteiger partial charge is 0.237 e. The van der Waals surface area contributed by atoms with Crippen LogP contribution in [0.4, 0.5) is 5.69 Å². The van der Waals surface area contributed by atoms with Gasteiger partial charge in [-0.2, -0.15) is 0 Å². The summed E-state index contributed by atoms with van der Waals surface area (Å²) in [6.45, 7) is 1.83. The van der Waals surface area contributed by atoms with Crippen molar-refractivity contribution in [3.63, 3.8) is 0 Å². The molecule has 37 heavy (non-hydrogen) atoms. The third-order valence-corrected chi connectivity index (χ3v) is 6.73. The van der Waals surface area contributed by atoms with E-state index >= 15 is 0 Å². The molecule has 0 aliphatic rings. The molecular weight excluding hydrogens is 490 g/mol. The van der Waals surface area contributed by atoms with E-state index in [4.69, 9.17) is 23.9 Å². The number of hydrogen-bond donors (Lipinski definition) is 2. The van der Waals surface area contributed by atoms with Gasteiger partial charge in [0.25, 0.3) is 0 Å². The second-order valence-electron chi connectivity index (χ2n) is 8.04. The molecule has 1 aromatic heterocycles. The minimum absolute atomic E-state index is 0.179. The quantitative estimate of drug-likeness (QED) is 0.252. The van der Waals surface area contributed by atoms with Gasteiger partial charge in [0.1, 0.15) is 23.0 Å². The fourth-order valence-corrected chi connectivity index (χ4v) is 4.49. The molecule has 0 fully saturated rings. The van der Waals surface area contributed by atoms with Crippen molar-refractivity contribution < 1.29 is 23.7 Å². The van der Waals surface area contributed by atoms with Gasteiger partial charge in [-0.05, 0) is 67.6 Å². The first-order chi connectivity index (χ1) is 17.9. The van der Waals surface area contributed by atoms with Gasteiger partial charge < -0.3 is 29.2 Å². The van der Waals surface area contributed by atoms with Crippen LogP contribution in [0.2, 0.25) is 0 Å². The third-order valence-electron chi connectivity index (χ3n) is 5.75. The van der Waals surface area contributed by atoms with Crippen LogP contribution < -0.4 is 24.3 Å². The SMILES string of the molecule is COc1ccc(-c2nc(SC(C)C(=O)Nc3ccc(OC)cc3OC)[nH]c2-c2ccc(OC)cc2)cc1. The number of aromatic amines is 1. The molecule has 4 rings (SSSR count). The van der Waals surface area contributed by atoms with Crippen LogP contribution in [0.1, 0.15) is 6.92 Å². The Morgan fingerprint density at radius 3 is 1.95 bits per heavy atom. The number of carbonyl (C=O) groups excluding carboxylic acids is 1. The normalized spacial score (nSPS) is 11.5. The van der Waals surface area contributed by atoms with E-state index in [1.54, 1.807) is 46.6 Å². The minimum Gasteiger partial charge on any atom is -0.497 e. The number of hydrogen-bond acceptors (Lipinski definition) is 7. The number of nitrogens with zero attached hydrogens (tertiary/aromatic N) is 1. The highest BCUT2D eigenvalue weighted by Gasteiger charge is 2.21. The monoisotopic (exact) mass is 519 g/mol. The van der Waals surface area contributed by atoms with Crippen LogP contribution in [0.15, 0.2) is 71.9 Å². The Hall–Kier alpha value is -4.11. The van der Waals surface area contributed by atoms with E-state index in [1.807, 2.05) is 55.5 Å². The highest BCUT2D eigenvalue weighted by Crippen LogP contribution is 2.36. The number of carbonyl (C=O) groups is 1. The molecule has 3 aromatic carbocycles. The van der Waals surface area contributed by atoms with Crippen molar-refractivity contribution in [3.8, 4) is 45.5 Å². The number of rotatable bonds is 10. The topological polar surface area (TPSA) is 94.7 Å². The molecule has 0 aliphatic heterocycles. The molecule has 0 saturated carbocycles. The molecule has 1 atom stereocenters. The second-order valence-corrected chi connectivity index (χ2v) is 9.37. The van der Waals surface area contributed by atoms with Crippen LogP contribution in [0, 0.1) is 0 Å². The number of imidazole rings is 1. The molecule has 0 spiro atoms. The van der Waals surface area contributed by atoms with Crippen molar-refractivity contribution >= 4 is 23.4 Å². The molecule has 9 heteroatoms. The number of amides is 1. The summed E-state index contributed by atoms with van der Waals surface area (Å²) >= 11 is 1.34. The van der Waals surface area contributed by atoms with Gasteiger partial charge in [0.2, 0.25) is 5.91 Å². The number of ether oxygens (including phenoxy) is 4. The van der Waals surface area contributed by atoms with Gasteiger partial charge in [-0.15, -0.1) is 0 Å². The minimum atomic E-state index is -0.439. The molecule has 192 valence electrons. The summed E-state index contributed by atoms with van der Waals surface area (Å²) in [4.78, 5) is 21.3. The number of anilines is 1. The van der Waals surface area contributed by atoms with Crippen LogP contribution in [0.3, 0.4) is 0 Å². The van der Waals surface area contributed by atoms with Crippen molar-refractivity contribution in [2.75, 3.05) is 33.8 Å². The van der Waals surface area contributed by atoms with E-state index in [-0.39, 0.29) is 5.91 Å².